The molecule has 1 aliphatic rings. The monoisotopic (exact) mass is 357 g/mol. The first-order valence-corrected chi connectivity index (χ1v) is 8.96. The van der Waals surface area contributed by atoms with E-state index in [9.17, 15) is 0 Å². The highest BCUT2D eigenvalue weighted by Crippen LogP contribution is 2.39. The van der Waals surface area contributed by atoms with E-state index in [4.69, 9.17) is 5.73 Å². The van der Waals surface area contributed by atoms with Crippen molar-refractivity contribution < 1.29 is 0 Å². The summed E-state index contributed by atoms with van der Waals surface area (Å²) >= 11 is 0. The van der Waals surface area contributed by atoms with Gasteiger partial charge in [-0.3, -0.25) is 0 Å². The van der Waals surface area contributed by atoms with E-state index in [1.807, 2.05) is 22.9 Å². The summed E-state index contributed by atoms with van der Waals surface area (Å²) in [6.45, 7) is 13.3. The minimum absolute atomic E-state index is 0.382. The minimum Gasteiger partial charge on any atom is -0.359 e. The maximum absolute atomic E-state index is 5.88. The lowest BCUT2D eigenvalue weighted by Gasteiger charge is -2.29. The molecule has 0 saturated carbocycles. The van der Waals surface area contributed by atoms with Gasteiger partial charge in [0.2, 0.25) is 0 Å². The number of aromatic nitrogens is 3. The molecule has 0 saturated heterocycles. The van der Waals surface area contributed by atoms with Crippen LogP contribution < -0.4 is 5.73 Å². The minimum atomic E-state index is 0.382. The number of aromatic amines is 1. The molecule has 0 bridgehead atoms. The summed E-state index contributed by atoms with van der Waals surface area (Å²) in [6, 6.07) is 6.29. The third-order valence-corrected chi connectivity index (χ3v) is 5.00. The SMILES string of the molecule is C=CCCN1C=C(c2cc(C=C)cc3c2ncn3CN)c2cc[nH]c2C1=C. The molecule has 0 fully saturated rings. The topological polar surface area (TPSA) is 62.9 Å². The fraction of sp³-hybridized carbons (Fsp3) is 0.136. The number of fused-ring (bicyclic) bond motifs is 2. The Morgan fingerprint density at radius 2 is 2.07 bits per heavy atom. The third kappa shape index (κ3) is 2.73. The predicted octanol–water partition coefficient (Wildman–Crippen LogP) is 4.18. The lowest BCUT2D eigenvalue weighted by atomic mass is 9.92. The van der Waals surface area contributed by atoms with Gasteiger partial charge in [-0.25, -0.2) is 4.98 Å². The Bertz CT molecular complexity index is 1080. The Morgan fingerprint density at radius 1 is 1.22 bits per heavy atom. The Balaban J connectivity index is 1.96. The Hall–Kier alpha value is -3.31. The van der Waals surface area contributed by atoms with Crippen LogP contribution in [0.4, 0.5) is 0 Å². The van der Waals surface area contributed by atoms with Crippen molar-refractivity contribution in [2.24, 2.45) is 5.73 Å². The smallest absolute Gasteiger partial charge is 0.0969 e. The molecule has 3 N–H and O–H groups in total. The highest BCUT2D eigenvalue weighted by atomic mass is 15.1. The van der Waals surface area contributed by atoms with Gasteiger partial charge < -0.3 is 20.2 Å². The molecule has 0 atom stereocenters. The van der Waals surface area contributed by atoms with Crippen LogP contribution in [0.3, 0.4) is 0 Å². The number of nitrogens with zero attached hydrogens (tertiary/aromatic N) is 3. The molecule has 0 spiro atoms. The fourth-order valence-corrected chi connectivity index (χ4v) is 3.58. The van der Waals surface area contributed by atoms with Gasteiger partial charge in [0.05, 0.1) is 35.4 Å². The van der Waals surface area contributed by atoms with E-state index in [1.165, 1.54) is 0 Å². The fourth-order valence-electron chi connectivity index (χ4n) is 3.58. The number of benzene rings is 1. The second kappa shape index (κ2) is 6.78. The van der Waals surface area contributed by atoms with Crippen LogP contribution in [0.5, 0.6) is 0 Å². The van der Waals surface area contributed by atoms with E-state index in [0.717, 1.165) is 57.7 Å². The van der Waals surface area contributed by atoms with Crippen LogP contribution >= 0.6 is 0 Å². The van der Waals surface area contributed by atoms with Crippen LogP contribution in [0.15, 0.2) is 62.7 Å². The number of rotatable bonds is 6. The molecular weight excluding hydrogens is 334 g/mol. The first-order chi connectivity index (χ1) is 13.2. The molecule has 1 aliphatic heterocycles. The van der Waals surface area contributed by atoms with Crippen LogP contribution in [0, 0.1) is 0 Å². The molecule has 0 radical (unpaired) electrons. The molecule has 27 heavy (non-hydrogen) atoms. The van der Waals surface area contributed by atoms with Crippen molar-refractivity contribution in [3.63, 3.8) is 0 Å². The van der Waals surface area contributed by atoms with Crippen molar-refractivity contribution in [3.05, 3.63) is 85.1 Å². The van der Waals surface area contributed by atoms with Gasteiger partial charge in [-0.05, 0) is 30.2 Å². The summed E-state index contributed by atoms with van der Waals surface area (Å²) in [5.74, 6) is 0. The summed E-state index contributed by atoms with van der Waals surface area (Å²) in [7, 11) is 0. The summed E-state index contributed by atoms with van der Waals surface area (Å²) in [5.41, 5.74) is 14.1. The van der Waals surface area contributed by atoms with Gasteiger partial charge in [0.25, 0.3) is 0 Å². The van der Waals surface area contributed by atoms with E-state index < -0.39 is 0 Å². The first-order valence-electron chi connectivity index (χ1n) is 8.96. The molecule has 3 heterocycles. The van der Waals surface area contributed by atoms with Crippen LogP contribution in [0.2, 0.25) is 0 Å². The van der Waals surface area contributed by atoms with Crippen LogP contribution in [-0.2, 0) is 6.67 Å². The number of nitrogens with one attached hydrogen (secondary N) is 1. The molecule has 5 nitrogen and oxygen atoms in total. The molecule has 3 aromatic rings. The summed E-state index contributed by atoms with van der Waals surface area (Å²) in [6.07, 6.45) is 10.6. The van der Waals surface area contributed by atoms with Gasteiger partial charge in [0.1, 0.15) is 0 Å². The van der Waals surface area contributed by atoms with Crippen molar-refractivity contribution in [1.29, 1.82) is 0 Å². The number of H-pyrrole nitrogens is 1. The van der Waals surface area contributed by atoms with Crippen LogP contribution in [0.1, 0.15) is 28.8 Å². The number of hydrogen-bond acceptors (Lipinski definition) is 3. The lowest BCUT2D eigenvalue weighted by Crippen LogP contribution is -2.21. The molecule has 4 rings (SSSR count). The van der Waals surface area contributed by atoms with Crippen LogP contribution in [-0.4, -0.2) is 26.0 Å². The highest BCUT2D eigenvalue weighted by Gasteiger charge is 2.24. The molecule has 5 heteroatoms. The molecule has 136 valence electrons. The first kappa shape index (κ1) is 17.1. The summed E-state index contributed by atoms with van der Waals surface area (Å²) in [4.78, 5) is 10.1. The van der Waals surface area contributed by atoms with E-state index in [0.29, 0.717) is 6.67 Å². The molecule has 2 aromatic heterocycles. The van der Waals surface area contributed by atoms with Crippen molar-refractivity contribution in [3.8, 4) is 0 Å². The lowest BCUT2D eigenvalue weighted by molar-refractivity contribution is 0.535. The van der Waals surface area contributed by atoms with Crippen molar-refractivity contribution in [1.82, 2.24) is 19.4 Å². The number of hydrogen-bond donors (Lipinski definition) is 2. The standard InChI is InChI=1S/C22H23N5/c1-4-6-9-26-12-19(17-7-8-24-21(17)15(26)3)18-10-16(5-2)11-20-22(18)25-14-27(20)13-23/h4-5,7-8,10-12,14,24H,1-3,6,9,13,23H2. The van der Waals surface area contributed by atoms with E-state index in [-0.39, 0.29) is 0 Å². The van der Waals surface area contributed by atoms with Crippen molar-refractivity contribution in [2.75, 3.05) is 6.54 Å². The van der Waals surface area contributed by atoms with E-state index >= 15 is 0 Å². The quantitative estimate of drug-likeness (QED) is 0.651. The second-order valence-electron chi connectivity index (χ2n) is 6.56. The molecule has 0 amide bonds. The maximum atomic E-state index is 5.88. The van der Waals surface area contributed by atoms with Gasteiger partial charge in [-0.15, -0.1) is 6.58 Å². The van der Waals surface area contributed by atoms with Gasteiger partial charge in [0.15, 0.2) is 0 Å². The normalized spacial score (nSPS) is 13.6. The average Bonchev–Trinajstić information content (AvgIpc) is 3.34. The van der Waals surface area contributed by atoms with Gasteiger partial charge in [0, 0.05) is 35.6 Å². The molecular formula is C22H23N5. The second-order valence-corrected chi connectivity index (χ2v) is 6.56. The summed E-state index contributed by atoms with van der Waals surface area (Å²) < 4.78 is 1.95. The number of imidazole rings is 1. The zero-order valence-electron chi connectivity index (χ0n) is 15.3. The summed E-state index contributed by atoms with van der Waals surface area (Å²) in [5, 5.41) is 0. The Kier molecular flexibility index (Phi) is 4.30. The molecule has 0 aliphatic carbocycles. The Labute approximate surface area is 158 Å². The maximum Gasteiger partial charge on any atom is 0.0969 e. The number of nitrogens with two attached hydrogens (primary N) is 1. The molecule has 1 aromatic carbocycles. The zero-order valence-corrected chi connectivity index (χ0v) is 15.3. The molecule has 0 unspecified atom stereocenters. The van der Waals surface area contributed by atoms with Crippen molar-refractivity contribution in [2.45, 2.75) is 13.1 Å². The third-order valence-electron chi connectivity index (χ3n) is 5.00. The zero-order chi connectivity index (χ0) is 19.0. The van der Waals surface area contributed by atoms with Crippen LogP contribution in [0.25, 0.3) is 28.4 Å². The van der Waals surface area contributed by atoms with E-state index in [1.54, 1.807) is 6.33 Å². The van der Waals surface area contributed by atoms with Gasteiger partial charge in [-0.2, -0.15) is 0 Å². The van der Waals surface area contributed by atoms with Gasteiger partial charge in [-0.1, -0.05) is 25.3 Å². The van der Waals surface area contributed by atoms with E-state index in [2.05, 4.69) is 59.0 Å². The predicted molar refractivity (Wildman–Crippen MR) is 112 cm³/mol. The van der Waals surface area contributed by atoms with Crippen molar-refractivity contribution >= 4 is 28.4 Å². The average molecular weight is 357 g/mol. The Morgan fingerprint density at radius 3 is 2.81 bits per heavy atom. The highest BCUT2D eigenvalue weighted by molar-refractivity contribution is 5.99. The van der Waals surface area contributed by atoms with Gasteiger partial charge >= 0.3 is 0 Å². The largest absolute Gasteiger partial charge is 0.359 e.